The van der Waals surface area contributed by atoms with Crippen LogP contribution >= 0.6 is 0 Å². The standard InChI is InChI=1S/C13H27N3O3/c1-9(2)12(18)6-10-5-11(15-3-4-17)8-16(7-10)13(14)19/h9-12,15,17-18H,3-8H2,1-2H3,(H2,14,19). The van der Waals surface area contributed by atoms with Gasteiger partial charge in [-0.3, -0.25) is 0 Å². The summed E-state index contributed by atoms with van der Waals surface area (Å²) in [6, 6.07) is -0.280. The highest BCUT2D eigenvalue weighted by Crippen LogP contribution is 2.23. The van der Waals surface area contributed by atoms with Gasteiger partial charge in [0.05, 0.1) is 12.7 Å². The number of rotatable bonds is 6. The highest BCUT2D eigenvalue weighted by Gasteiger charge is 2.30. The first-order chi connectivity index (χ1) is 8.93. The molecule has 1 heterocycles. The molecule has 0 spiro atoms. The Hall–Kier alpha value is -0.850. The van der Waals surface area contributed by atoms with Crippen LogP contribution in [0.1, 0.15) is 26.7 Å². The summed E-state index contributed by atoms with van der Waals surface area (Å²) in [7, 11) is 0. The Balaban J connectivity index is 2.56. The summed E-state index contributed by atoms with van der Waals surface area (Å²) in [5.41, 5.74) is 5.36. The van der Waals surface area contributed by atoms with E-state index >= 15 is 0 Å². The van der Waals surface area contributed by atoms with Crippen LogP contribution in [0.15, 0.2) is 0 Å². The molecule has 3 unspecified atom stereocenters. The fraction of sp³-hybridized carbons (Fsp3) is 0.923. The summed E-state index contributed by atoms with van der Waals surface area (Å²) in [5, 5.41) is 22.0. The van der Waals surface area contributed by atoms with E-state index in [1.165, 1.54) is 0 Å². The average molecular weight is 273 g/mol. The number of nitrogens with one attached hydrogen (secondary N) is 1. The number of nitrogens with two attached hydrogens (primary N) is 1. The van der Waals surface area contributed by atoms with Crippen LogP contribution in [-0.4, -0.2) is 59.5 Å². The molecule has 1 saturated heterocycles. The average Bonchev–Trinajstić information content (AvgIpc) is 2.35. The number of likely N-dealkylation sites (tertiary alicyclic amines) is 1. The second-order valence-corrected chi connectivity index (χ2v) is 5.77. The number of aliphatic hydroxyl groups is 2. The zero-order chi connectivity index (χ0) is 14.4. The quantitative estimate of drug-likeness (QED) is 0.536. The minimum atomic E-state index is -0.417. The van der Waals surface area contributed by atoms with Gasteiger partial charge in [0.25, 0.3) is 0 Å². The molecular weight excluding hydrogens is 246 g/mol. The highest BCUT2D eigenvalue weighted by molar-refractivity contribution is 5.72. The molecule has 0 radical (unpaired) electrons. The lowest BCUT2D eigenvalue weighted by molar-refractivity contribution is 0.0698. The van der Waals surface area contributed by atoms with Crippen LogP contribution in [0.25, 0.3) is 0 Å². The number of amides is 2. The maximum Gasteiger partial charge on any atom is 0.314 e. The Bertz CT molecular complexity index is 286. The van der Waals surface area contributed by atoms with E-state index in [4.69, 9.17) is 10.8 Å². The van der Waals surface area contributed by atoms with Crippen molar-refractivity contribution in [3.63, 3.8) is 0 Å². The number of carbonyl (C=O) groups excluding carboxylic acids is 1. The molecule has 0 bridgehead atoms. The van der Waals surface area contributed by atoms with Gasteiger partial charge in [-0.1, -0.05) is 13.8 Å². The van der Waals surface area contributed by atoms with Crippen molar-refractivity contribution in [3.05, 3.63) is 0 Å². The SMILES string of the molecule is CC(C)C(O)CC1CC(NCCO)CN(C(N)=O)C1. The van der Waals surface area contributed by atoms with E-state index in [-0.39, 0.29) is 30.6 Å². The van der Waals surface area contributed by atoms with Crippen molar-refractivity contribution in [3.8, 4) is 0 Å². The molecule has 0 saturated carbocycles. The molecule has 0 aromatic carbocycles. The predicted molar refractivity (Wildman–Crippen MR) is 73.6 cm³/mol. The zero-order valence-corrected chi connectivity index (χ0v) is 11.9. The molecule has 6 heteroatoms. The van der Waals surface area contributed by atoms with Crippen LogP contribution in [0.4, 0.5) is 4.79 Å². The minimum absolute atomic E-state index is 0.0758. The number of hydrogen-bond acceptors (Lipinski definition) is 4. The van der Waals surface area contributed by atoms with Crippen LogP contribution in [0.2, 0.25) is 0 Å². The molecular formula is C13H27N3O3. The van der Waals surface area contributed by atoms with E-state index in [0.29, 0.717) is 26.1 Å². The number of urea groups is 1. The van der Waals surface area contributed by atoms with Gasteiger partial charge < -0.3 is 26.2 Å². The first kappa shape index (κ1) is 16.2. The second kappa shape index (κ2) is 7.67. The summed E-state index contributed by atoms with van der Waals surface area (Å²) in [4.78, 5) is 13.0. The number of piperidine rings is 1. The van der Waals surface area contributed by atoms with Gasteiger partial charge in [-0.2, -0.15) is 0 Å². The van der Waals surface area contributed by atoms with Crippen molar-refractivity contribution in [2.45, 2.75) is 38.8 Å². The Morgan fingerprint density at radius 3 is 2.68 bits per heavy atom. The molecule has 1 rings (SSSR count). The fourth-order valence-electron chi connectivity index (χ4n) is 2.58. The summed E-state index contributed by atoms with van der Waals surface area (Å²) in [6.07, 6.45) is 1.23. The van der Waals surface area contributed by atoms with Crippen LogP contribution in [-0.2, 0) is 0 Å². The molecule has 5 N–H and O–H groups in total. The van der Waals surface area contributed by atoms with Crippen LogP contribution in [0.3, 0.4) is 0 Å². The topological polar surface area (TPSA) is 98.8 Å². The number of aliphatic hydroxyl groups excluding tert-OH is 2. The van der Waals surface area contributed by atoms with Crippen molar-refractivity contribution >= 4 is 6.03 Å². The lowest BCUT2D eigenvalue weighted by Crippen LogP contribution is -2.53. The first-order valence-corrected chi connectivity index (χ1v) is 7.00. The third-order valence-electron chi connectivity index (χ3n) is 3.74. The highest BCUT2D eigenvalue weighted by atomic mass is 16.3. The Labute approximate surface area is 115 Å². The van der Waals surface area contributed by atoms with Gasteiger partial charge in [-0.15, -0.1) is 0 Å². The molecule has 0 aliphatic carbocycles. The third-order valence-corrected chi connectivity index (χ3v) is 3.74. The van der Waals surface area contributed by atoms with Crippen LogP contribution in [0.5, 0.6) is 0 Å². The molecule has 3 atom stereocenters. The smallest absolute Gasteiger partial charge is 0.314 e. The largest absolute Gasteiger partial charge is 0.395 e. The van der Waals surface area contributed by atoms with Gasteiger partial charge in [0, 0.05) is 25.7 Å². The molecule has 0 aromatic rings. The van der Waals surface area contributed by atoms with Crippen molar-refractivity contribution in [2.75, 3.05) is 26.2 Å². The maximum atomic E-state index is 11.3. The second-order valence-electron chi connectivity index (χ2n) is 5.77. The Kier molecular flexibility index (Phi) is 6.54. The first-order valence-electron chi connectivity index (χ1n) is 7.00. The van der Waals surface area contributed by atoms with Crippen molar-refractivity contribution < 1.29 is 15.0 Å². The van der Waals surface area contributed by atoms with Crippen LogP contribution in [0, 0.1) is 11.8 Å². The monoisotopic (exact) mass is 273 g/mol. The van der Waals surface area contributed by atoms with Gasteiger partial charge in [0.15, 0.2) is 0 Å². The number of nitrogens with zero attached hydrogens (tertiary/aromatic N) is 1. The summed E-state index contributed by atoms with van der Waals surface area (Å²) < 4.78 is 0. The third kappa shape index (κ3) is 5.34. The van der Waals surface area contributed by atoms with Gasteiger partial charge in [-0.05, 0) is 24.7 Å². The van der Waals surface area contributed by atoms with E-state index in [9.17, 15) is 9.90 Å². The van der Waals surface area contributed by atoms with E-state index in [1.807, 2.05) is 13.8 Å². The molecule has 6 nitrogen and oxygen atoms in total. The summed E-state index contributed by atoms with van der Waals surface area (Å²) in [5.74, 6) is 0.461. The van der Waals surface area contributed by atoms with Crippen molar-refractivity contribution in [2.24, 2.45) is 17.6 Å². The Morgan fingerprint density at radius 1 is 1.47 bits per heavy atom. The summed E-state index contributed by atoms with van der Waals surface area (Å²) in [6.45, 7) is 5.74. The van der Waals surface area contributed by atoms with Gasteiger partial charge in [0.2, 0.25) is 0 Å². The molecule has 112 valence electrons. The zero-order valence-electron chi connectivity index (χ0n) is 11.9. The minimum Gasteiger partial charge on any atom is -0.395 e. The van der Waals surface area contributed by atoms with Gasteiger partial charge in [0.1, 0.15) is 0 Å². The molecule has 19 heavy (non-hydrogen) atoms. The molecule has 1 fully saturated rings. The van der Waals surface area contributed by atoms with E-state index < -0.39 is 6.03 Å². The van der Waals surface area contributed by atoms with E-state index in [1.54, 1.807) is 4.90 Å². The number of carbonyl (C=O) groups is 1. The van der Waals surface area contributed by atoms with Gasteiger partial charge in [-0.25, -0.2) is 4.79 Å². The lowest BCUT2D eigenvalue weighted by atomic mass is 9.87. The van der Waals surface area contributed by atoms with Crippen molar-refractivity contribution in [1.82, 2.24) is 10.2 Å². The van der Waals surface area contributed by atoms with Gasteiger partial charge >= 0.3 is 6.03 Å². The molecule has 1 aliphatic rings. The normalized spacial score (nSPS) is 25.6. The van der Waals surface area contributed by atoms with Crippen LogP contribution < -0.4 is 11.1 Å². The predicted octanol–water partition coefficient (Wildman–Crippen LogP) is -0.255. The van der Waals surface area contributed by atoms with E-state index in [2.05, 4.69) is 5.32 Å². The number of hydrogen-bond donors (Lipinski definition) is 4. The summed E-state index contributed by atoms with van der Waals surface area (Å²) >= 11 is 0. The number of primary amides is 1. The maximum absolute atomic E-state index is 11.3. The van der Waals surface area contributed by atoms with E-state index in [0.717, 1.165) is 6.42 Å². The molecule has 1 aliphatic heterocycles. The van der Waals surface area contributed by atoms with Crippen molar-refractivity contribution in [1.29, 1.82) is 0 Å². The molecule has 2 amide bonds. The lowest BCUT2D eigenvalue weighted by Gasteiger charge is -2.38. The molecule has 0 aromatic heterocycles. The Morgan fingerprint density at radius 2 is 2.16 bits per heavy atom. The fourth-order valence-corrected chi connectivity index (χ4v) is 2.58.